The molecule has 2 nitrogen and oxygen atoms in total. The maximum absolute atomic E-state index is 2.85. The number of aromatic nitrogens is 2. The molecule has 6 unspecified atom stereocenters. The van der Waals surface area contributed by atoms with E-state index in [0.29, 0.717) is 5.41 Å². The van der Waals surface area contributed by atoms with E-state index in [4.69, 9.17) is 0 Å². The lowest BCUT2D eigenvalue weighted by atomic mass is 9.45. The van der Waals surface area contributed by atoms with Gasteiger partial charge in [-0.25, -0.2) is 0 Å². The van der Waals surface area contributed by atoms with Gasteiger partial charge in [0.25, 0.3) is 0 Å². The van der Waals surface area contributed by atoms with Gasteiger partial charge in [-0.15, -0.1) is 11.3 Å². The van der Waals surface area contributed by atoms with Crippen molar-refractivity contribution >= 4 is 82.1 Å². The second kappa shape index (κ2) is 11.5. The van der Waals surface area contributed by atoms with Crippen LogP contribution in [0.15, 0.2) is 84.9 Å². The molecule has 0 saturated heterocycles. The average Bonchev–Trinajstić information content (AvgIpc) is 3.79. The highest BCUT2D eigenvalue weighted by molar-refractivity contribution is 7.26. The van der Waals surface area contributed by atoms with Crippen LogP contribution >= 0.6 is 11.3 Å². The molecular weight excluding hydrogens is 731 g/mol. The smallest absolute Gasteiger partial charge is 0.333 e. The van der Waals surface area contributed by atoms with Crippen LogP contribution < -0.4 is 10.9 Å². The van der Waals surface area contributed by atoms with Gasteiger partial charge in [0.2, 0.25) is 0 Å². The SMILES string of the molecule is Cc1cc2c3c(c1)-n1c4c(cccc4c4sc5ccccc5c41)B3n1c3ccc(C45CC(C)CC(CC(C)C4)C5)cc3c3cc(C45CCC(CC(C)C4)C(C)C5)cc-2c31. The summed E-state index contributed by atoms with van der Waals surface area (Å²) in [5, 5.41) is 5.81. The van der Waals surface area contributed by atoms with Gasteiger partial charge in [0.1, 0.15) is 0 Å². The summed E-state index contributed by atoms with van der Waals surface area (Å²) in [4.78, 5) is 0. The van der Waals surface area contributed by atoms with Crippen LogP contribution in [0.5, 0.6) is 0 Å². The normalized spacial score (nSPS) is 30.6. The van der Waals surface area contributed by atoms with Crippen molar-refractivity contribution in [1.82, 2.24) is 9.05 Å². The van der Waals surface area contributed by atoms with Crippen molar-refractivity contribution in [3.63, 3.8) is 0 Å². The number of benzene rings is 5. The first-order chi connectivity index (χ1) is 28.7. The van der Waals surface area contributed by atoms with Gasteiger partial charge in [-0.2, -0.15) is 0 Å². The maximum Gasteiger partial charge on any atom is 0.333 e. The molecule has 3 aromatic heterocycles. The zero-order valence-electron chi connectivity index (χ0n) is 35.5. The molecule has 0 spiro atoms. The highest BCUT2D eigenvalue weighted by Gasteiger charge is 2.49. The molecule has 0 radical (unpaired) electrons. The Morgan fingerprint density at radius 1 is 0.644 bits per heavy atom. The minimum atomic E-state index is 0.120. The van der Waals surface area contributed by atoms with Crippen LogP contribution in [0.25, 0.3) is 69.8 Å². The molecule has 2 aliphatic heterocycles. The predicted octanol–water partition coefficient (Wildman–Crippen LogP) is 13.6. The summed E-state index contributed by atoms with van der Waals surface area (Å²) in [5.41, 5.74) is 18.2. The Bertz CT molecular complexity index is 3130. The van der Waals surface area contributed by atoms with Crippen LogP contribution in [0, 0.1) is 42.4 Å². The number of aryl methyl sites for hydroxylation is 1. The third-order valence-corrected chi connectivity index (χ3v) is 18.9. The molecule has 5 aromatic carbocycles. The zero-order chi connectivity index (χ0) is 39.3. The summed E-state index contributed by atoms with van der Waals surface area (Å²) in [5.74, 6) is 4.92. The molecule has 6 atom stereocenters. The van der Waals surface area contributed by atoms with E-state index in [1.165, 1.54) is 151 Å². The number of rotatable bonds is 2. The fourth-order valence-corrected chi connectivity index (χ4v) is 17.3. The summed E-state index contributed by atoms with van der Waals surface area (Å²) in [6.07, 6.45) is 13.7. The minimum Gasteiger partial charge on any atom is -0.375 e. The van der Waals surface area contributed by atoms with Gasteiger partial charge in [0.05, 0.1) is 15.7 Å². The first-order valence-corrected chi connectivity index (χ1v) is 24.2. The number of para-hydroxylation sites is 1. The third-order valence-electron chi connectivity index (χ3n) is 17.7. The quantitative estimate of drug-likeness (QED) is 0.155. The molecule has 294 valence electrons. The van der Waals surface area contributed by atoms with E-state index in [-0.39, 0.29) is 12.3 Å². The molecular formula is C55H55BN2S. The summed E-state index contributed by atoms with van der Waals surface area (Å²) in [7, 11) is 0. The molecule has 8 aromatic rings. The van der Waals surface area contributed by atoms with Crippen molar-refractivity contribution in [2.75, 3.05) is 0 Å². The molecule has 5 saturated carbocycles. The van der Waals surface area contributed by atoms with Gasteiger partial charge in [0, 0.05) is 48.5 Å². The fraction of sp³-hybridized carbons (Fsp3) is 0.418. The lowest BCUT2D eigenvalue weighted by Crippen LogP contribution is -2.55. The van der Waals surface area contributed by atoms with E-state index < -0.39 is 0 Å². The van der Waals surface area contributed by atoms with Gasteiger partial charge in [-0.3, -0.25) is 0 Å². The summed E-state index contributed by atoms with van der Waals surface area (Å²) >= 11 is 1.98. The number of thiophene rings is 1. The Morgan fingerprint density at radius 3 is 2.27 bits per heavy atom. The van der Waals surface area contributed by atoms with E-state index in [1.54, 1.807) is 11.1 Å². The second-order valence-corrected chi connectivity index (χ2v) is 22.8. The minimum absolute atomic E-state index is 0.120. The highest BCUT2D eigenvalue weighted by Crippen LogP contribution is 2.58. The van der Waals surface area contributed by atoms with E-state index in [1.807, 2.05) is 11.3 Å². The Labute approximate surface area is 353 Å². The van der Waals surface area contributed by atoms with Crippen LogP contribution in [-0.4, -0.2) is 15.9 Å². The number of hydrogen-bond donors (Lipinski definition) is 0. The first kappa shape index (κ1) is 34.4. The van der Waals surface area contributed by atoms with Gasteiger partial charge >= 0.3 is 6.85 Å². The Hall–Kier alpha value is -4.28. The molecule has 7 aliphatic rings. The van der Waals surface area contributed by atoms with E-state index >= 15 is 0 Å². The van der Waals surface area contributed by atoms with Gasteiger partial charge in [-0.05, 0) is 187 Å². The molecule has 5 heterocycles. The summed E-state index contributed by atoms with van der Waals surface area (Å²) in [6, 6.07) is 35.0. The molecule has 5 aliphatic carbocycles. The van der Waals surface area contributed by atoms with Crippen molar-refractivity contribution in [1.29, 1.82) is 0 Å². The van der Waals surface area contributed by atoms with E-state index in [2.05, 4.69) is 129 Å². The van der Waals surface area contributed by atoms with Crippen molar-refractivity contribution in [2.24, 2.45) is 35.5 Å². The second-order valence-electron chi connectivity index (χ2n) is 21.8. The van der Waals surface area contributed by atoms with Crippen LogP contribution in [0.1, 0.15) is 109 Å². The standard InChI is InChI=1S/C55H55BN2S/c1-30-20-42-44-24-38(54-16-15-36(34(5)28-54)19-33(4)25-54)23-43-41-22-37(55-26-31(2)17-35(29-55)18-32(3)27-55)13-14-46(41)58(50(43)44)56-45-11-8-10-40-51(45)57(47(21-30)49(42)56)52-39-9-6-7-12-48(39)59-53(40)52/h6-14,20-24,31-36H,15-19,25-29H2,1-5H3. The molecule has 5 fully saturated rings. The summed E-state index contributed by atoms with van der Waals surface area (Å²) in [6.45, 7) is 12.7. The van der Waals surface area contributed by atoms with E-state index in [0.717, 1.165) is 35.5 Å². The Balaban J connectivity index is 1.11. The van der Waals surface area contributed by atoms with E-state index in [9.17, 15) is 0 Å². The number of fused-ring (bicyclic) bond motifs is 18. The zero-order valence-corrected chi connectivity index (χ0v) is 36.3. The van der Waals surface area contributed by atoms with Crippen molar-refractivity contribution in [3.05, 3.63) is 102 Å². The van der Waals surface area contributed by atoms with Gasteiger partial charge < -0.3 is 9.05 Å². The monoisotopic (exact) mass is 786 g/mol. The molecule has 0 N–H and O–H groups in total. The largest absolute Gasteiger partial charge is 0.375 e. The summed E-state index contributed by atoms with van der Waals surface area (Å²) < 4.78 is 8.37. The fourth-order valence-electron chi connectivity index (χ4n) is 16.1. The molecule has 15 rings (SSSR count). The molecule has 4 bridgehead atoms. The third kappa shape index (κ3) is 4.40. The van der Waals surface area contributed by atoms with Gasteiger partial charge in [0.15, 0.2) is 0 Å². The van der Waals surface area contributed by atoms with Gasteiger partial charge in [-0.1, -0.05) is 76.2 Å². The number of hydrogen-bond acceptors (Lipinski definition) is 1. The molecule has 59 heavy (non-hydrogen) atoms. The maximum atomic E-state index is 2.85. The average molecular weight is 787 g/mol. The predicted molar refractivity (Wildman–Crippen MR) is 253 cm³/mol. The Morgan fingerprint density at radius 2 is 1.42 bits per heavy atom. The van der Waals surface area contributed by atoms with Crippen LogP contribution in [0.3, 0.4) is 0 Å². The van der Waals surface area contributed by atoms with Crippen LogP contribution in [-0.2, 0) is 10.8 Å². The highest BCUT2D eigenvalue weighted by atomic mass is 32.1. The lowest BCUT2D eigenvalue weighted by Gasteiger charge is -2.50. The van der Waals surface area contributed by atoms with Crippen molar-refractivity contribution < 1.29 is 0 Å². The Kier molecular flexibility index (Phi) is 6.74. The van der Waals surface area contributed by atoms with Crippen LogP contribution in [0.4, 0.5) is 0 Å². The lowest BCUT2D eigenvalue weighted by molar-refractivity contribution is 0.0781. The molecule has 0 amide bonds. The van der Waals surface area contributed by atoms with Crippen molar-refractivity contribution in [3.8, 4) is 16.8 Å². The number of nitrogens with zero attached hydrogens (tertiary/aromatic N) is 2. The first-order valence-electron chi connectivity index (χ1n) is 23.4. The molecule has 4 heteroatoms. The van der Waals surface area contributed by atoms with Crippen LogP contribution in [0.2, 0.25) is 0 Å². The van der Waals surface area contributed by atoms with Crippen molar-refractivity contribution in [2.45, 2.75) is 110 Å². The topological polar surface area (TPSA) is 9.86 Å².